The Morgan fingerprint density at radius 2 is 2.19 bits per heavy atom. The van der Waals surface area contributed by atoms with Gasteiger partial charge in [0.1, 0.15) is 11.6 Å². The number of amides is 2. The maximum atomic E-state index is 11.9. The summed E-state index contributed by atoms with van der Waals surface area (Å²) in [4.78, 5) is 28.8. The Kier molecular flexibility index (Phi) is 5.74. The van der Waals surface area contributed by atoms with E-state index in [2.05, 4.69) is 32.8 Å². The molecule has 0 radical (unpaired) electrons. The summed E-state index contributed by atoms with van der Waals surface area (Å²) in [5.74, 6) is 2.46. The van der Waals surface area contributed by atoms with Crippen LogP contribution >= 0.6 is 11.3 Å². The quantitative estimate of drug-likeness (QED) is 0.559. The van der Waals surface area contributed by atoms with Crippen molar-refractivity contribution < 1.29 is 9.53 Å². The molecule has 27 heavy (non-hydrogen) atoms. The molecule has 144 valence electrons. The van der Waals surface area contributed by atoms with Gasteiger partial charge in [0.15, 0.2) is 11.0 Å². The van der Waals surface area contributed by atoms with Crippen LogP contribution in [-0.4, -0.2) is 59.6 Å². The van der Waals surface area contributed by atoms with E-state index in [1.165, 1.54) is 23.1 Å². The van der Waals surface area contributed by atoms with Gasteiger partial charge in [-0.15, -0.1) is 0 Å². The number of hydrogen-bond acceptors (Lipinski definition) is 7. The average molecular weight is 408 g/mol. The molecule has 8 nitrogen and oxygen atoms in total. The molecule has 4 rings (SSSR count). The summed E-state index contributed by atoms with van der Waals surface area (Å²) in [5.41, 5.74) is 1.01. The lowest BCUT2D eigenvalue weighted by molar-refractivity contribution is 0.122. The van der Waals surface area contributed by atoms with Crippen molar-refractivity contribution in [1.82, 2.24) is 20.3 Å². The van der Waals surface area contributed by atoms with E-state index in [-0.39, 0.29) is 6.03 Å². The zero-order chi connectivity index (χ0) is 18.6. The largest absolute Gasteiger partial charge is 0.378 e. The number of carbonyl (C=O) groups excluding carboxylic acids is 1. The number of nitrogens with zero attached hydrogens (tertiary/aromatic N) is 4. The van der Waals surface area contributed by atoms with Crippen LogP contribution in [0.5, 0.6) is 0 Å². The summed E-state index contributed by atoms with van der Waals surface area (Å²) in [6.45, 7) is 3.09. The van der Waals surface area contributed by atoms with Gasteiger partial charge in [-0.05, 0) is 24.6 Å². The fourth-order valence-corrected chi connectivity index (χ4v) is 4.00. The number of thiol groups is 1. The summed E-state index contributed by atoms with van der Waals surface area (Å²) < 4.78 is 5.45. The fourth-order valence-electron chi connectivity index (χ4n) is 2.77. The Morgan fingerprint density at radius 1 is 1.37 bits per heavy atom. The van der Waals surface area contributed by atoms with Gasteiger partial charge in [-0.2, -0.15) is 0 Å². The first-order valence-corrected chi connectivity index (χ1v) is 11.4. The Morgan fingerprint density at radius 3 is 2.93 bits per heavy atom. The molecule has 0 atom stereocenters. The van der Waals surface area contributed by atoms with Gasteiger partial charge in [0, 0.05) is 25.2 Å². The lowest BCUT2D eigenvalue weighted by Gasteiger charge is -2.28. The van der Waals surface area contributed by atoms with E-state index in [0.717, 1.165) is 48.1 Å². The summed E-state index contributed by atoms with van der Waals surface area (Å²) in [6.07, 6.45) is 5.95. The number of ether oxygens (including phenoxy) is 1. The molecule has 1 saturated heterocycles. The van der Waals surface area contributed by atoms with Gasteiger partial charge in [-0.3, -0.25) is 5.32 Å². The molecular weight excluding hydrogens is 384 g/mol. The summed E-state index contributed by atoms with van der Waals surface area (Å²) in [6, 6.07) is 2.18. The van der Waals surface area contributed by atoms with E-state index in [1.807, 2.05) is 0 Å². The molecule has 1 aliphatic heterocycles. The Hall–Kier alpha value is -1.91. The number of morpholine rings is 1. The van der Waals surface area contributed by atoms with Crippen molar-refractivity contribution in [2.75, 3.05) is 42.8 Å². The third-order valence-electron chi connectivity index (χ3n) is 4.28. The molecule has 0 bridgehead atoms. The van der Waals surface area contributed by atoms with Crippen LogP contribution in [0.4, 0.5) is 15.7 Å². The van der Waals surface area contributed by atoms with Gasteiger partial charge >= 0.3 is 6.03 Å². The van der Waals surface area contributed by atoms with E-state index in [0.29, 0.717) is 30.2 Å². The predicted octanol–water partition coefficient (Wildman–Crippen LogP) is 1.67. The molecular formula is C17H23N6O2S2+. The first kappa shape index (κ1) is 18.5. The molecule has 2 N–H and O–H groups in total. The number of nitrogens with one attached hydrogen (secondary N) is 2. The van der Waals surface area contributed by atoms with Gasteiger partial charge in [-0.25, -0.2) is 19.7 Å². The second-order valence-corrected chi connectivity index (χ2v) is 8.50. The van der Waals surface area contributed by atoms with Crippen LogP contribution < -0.4 is 15.5 Å². The molecule has 1 aliphatic carbocycles. The zero-order valence-corrected chi connectivity index (χ0v) is 16.9. The zero-order valence-electron chi connectivity index (χ0n) is 15.1. The summed E-state index contributed by atoms with van der Waals surface area (Å²) >= 11 is 2.65. The van der Waals surface area contributed by atoms with Crippen molar-refractivity contribution in [3.63, 3.8) is 0 Å². The summed E-state index contributed by atoms with van der Waals surface area (Å²) in [7, 11) is 0. The molecule has 2 aromatic heterocycles. The normalized spacial score (nSPS) is 17.0. The fraction of sp³-hybridized carbons (Fsp3) is 0.529. The monoisotopic (exact) mass is 407 g/mol. The van der Waals surface area contributed by atoms with Gasteiger partial charge in [0.2, 0.25) is 0 Å². The number of anilines is 2. The molecule has 1 saturated carbocycles. The molecule has 3 heterocycles. The first-order valence-electron chi connectivity index (χ1n) is 9.01. The summed E-state index contributed by atoms with van der Waals surface area (Å²) in [5, 5.41) is 6.24. The second-order valence-electron chi connectivity index (χ2n) is 6.52. The molecule has 2 aliphatic rings. The highest BCUT2D eigenvalue weighted by Crippen LogP contribution is 2.29. The third-order valence-corrected chi connectivity index (χ3v) is 5.83. The molecule has 2 fully saturated rings. The number of rotatable bonds is 6. The van der Waals surface area contributed by atoms with Crippen LogP contribution in [-0.2, 0) is 22.3 Å². The van der Waals surface area contributed by atoms with Crippen molar-refractivity contribution in [2.24, 2.45) is 0 Å². The van der Waals surface area contributed by atoms with Gasteiger partial charge in [0.05, 0.1) is 36.2 Å². The third kappa shape index (κ3) is 4.88. The van der Waals surface area contributed by atoms with E-state index >= 15 is 0 Å². The molecule has 10 heteroatoms. The van der Waals surface area contributed by atoms with Crippen molar-refractivity contribution in [2.45, 2.75) is 24.6 Å². The second kappa shape index (κ2) is 8.41. The van der Waals surface area contributed by atoms with Crippen molar-refractivity contribution in [3.8, 4) is 10.7 Å². The van der Waals surface area contributed by atoms with Gasteiger partial charge in [0.25, 0.3) is 0 Å². The van der Waals surface area contributed by atoms with Crippen LogP contribution in [0.2, 0.25) is 0 Å². The van der Waals surface area contributed by atoms with Crippen LogP contribution in [0.3, 0.4) is 0 Å². The highest BCUT2D eigenvalue weighted by molar-refractivity contribution is 7.76. The number of urea groups is 1. The maximum absolute atomic E-state index is 11.9. The minimum absolute atomic E-state index is 0.202. The van der Waals surface area contributed by atoms with Crippen LogP contribution in [0.1, 0.15) is 18.5 Å². The van der Waals surface area contributed by atoms with E-state index < -0.39 is 0 Å². The predicted molar refractivity (Wildman–Crippen MR) is 110 cm³/mol. The standard InChI is InChI=1S/C17H22N6O2S2/c1-26-10-12-8-14(23-4-6-25-7-5-23)21-15(19-12)13-9-18-17(27-13)22-16(24)20-11-2-3-11/h8-9,11H,2-7,10H2,1H3,(H2,18,20,22,24)/p+1. The van der Waals surface area contributed by atoms with Crippen LogP contribution in [0.25, 0.3) is 10.7 Å². The Balaban J connectivity index is 1.54. The number of hydrogen-bond donors (Lipinski definition) is 2. The topological polar surface area (TPSA) is 92.3 Å². The SMILES string of the molecule is C[SH+]Cc1cc(N2CCOCC2)nc(-c2cnc(NC(=O)NC3CC3)s2)n1. The van der Waals surface area contributed by atoms with Gasteiger partial charge < -0.3 is 15.0 Å². The molecule has 0 unspecified atom stereocenters. The highest BCUT2D eigenvalue weighted by Gasteiger charge is 2.24. The molecule has 0 aromatic carbocycles. The average Bonchev–Trinajstić information content (AvgIpc) is 3.37. The smallest absolute Gasteiger partial charge is 0.321 e. The molecule has 2 aromatic rings. The minimum Gasteiger partial charge on any atom is -0.378 e. The van der Waals surface area contributed by atoms with Crippen molar-refractivity contribution in [1.29, 1.82) is 0 Å². The van der Waals surface area contributed by atoms with E-state index in [4.69, 9.17) is 14.7 Å². The Labute approximate surface area is 166 Å². The Bertz CT molecular complexity index is 804. The van der Waals surface area contributed by atoms with Gasteiger partial charge in [-0.1, -0.05) is 11.3 Å². The molecule has 2 amide bonds. The lowest BCUT2D eigenvalue weighted by atomic mass is 10.3. The van der Waals surface area contributed by atoms with E-state index in [9.17, 15) is 4.79 Å². The number of carbonyl (C=O) groups is 1. The maximum Gasteiger partial charge on any atom is 0.321 e. The van der Waals surface area contributed by atoms with Crippen molar-refractivity contribution >= 4 is 40.1 Å². The highest BCUT2D eigenvalue weighted by atomic mass is 32.2. The lowest BCUT2D eigenvalue weighted by Crippen LogP contribution is -2.37. The van der Waals surface area contributed by atoms with Crippen LogP contribution in [0, 0.1) is 0 Å². The van der Waals surface area contributed by atoms with E-state index in [1.54, 1.807) is 6.20 Å². The first-order chi connectivity index (χ1) is 13.2. The van der Waals surface area contributed by atoms with Crippen LogP contribution in [0.15, 0.2) is 12.3 Å². The number of aromatic nitrogens is 3. The van der Waals surface area contributed by atoms with Crippen molar-refractivity contribution in [3.05, 3.63) is 18.0 Å². The minimum atomic E-state index is -0.202. The molecule has 0 spiro atoms. The number of thiazole rings is 1.